The van der Waals surface area contributed by atoms with E-state index in [0.29, 0.717) is 0 Å². The Morgan fingerprint density at radius 2 is 2.12 bits per heavy atom. The molecule has 2 rings (SSSR count). The van der Waals surface area contributed by atoms with Gasteiger partial charge in [-0.2, -0.15) is 0 Å². The average Bonchev–Trinajstić information content (AvgIpc) is 2.79. The van der Waals surface area contributed by atoms with Crippen LogP contribution in [0, 0.1) is 0 Å². The van der Waals surface area contributed by atoms with Crippen molar-refractivity contribution in [3.05, 3.63) is 36.0 Å². The van der Waals surface area contributed by atoms with Gasteiger partial charge in [0.2, 0.25) is 0 Å². The van der Waals surface area contributed by atoms with Crippen LogP contribution in [0.2, 0.25) is 0 Å². The fourth-order valence-electron chi connectivity index (χ4n) is 1.95. The Hall–Kier alpha value is -1.81. The first-order chi connectivity index (χ1) is 8.15. The largest absolute Gasteiger partial charge is 0.361 e. The lowest BCUT2D eigenvalue weighted by molar-refractivity contribution is -0.169. The van der Waals surface area contributed by atoms with Gasteiger partial charge in [-0.05, 0) is 18.6 Å². The molecule has 1 aromatic carbocycles. The van der Waals surface area contributed by atoms with Gasteiger partial charge in [0.25, 0.3) is 5.91 Å². The summed E-state index contributed by atoms with van der Waals surface area (Å²) < 4.78 is 0. The molecule has 90 valence electrons. The van der Waals surface area contributed by atoms with E-state index in [-0.39, 0.29) is 11.8 Å². The number of aromatic nitrogens is 1. The second-order valence-electron chi connectivity index (χ2n) is 4.03. The third-order valence-corrected chi connectivity index (χ3v) is 3.04. The van der Waals surface area contributed by atoms with Gasteiger partial charge in [0.05, 0.1) is 13.0 Å². The highest BCUT2D eigenvalue weighted by Crippen LogP contribution is 2.26. The Bertz CT molecular complexity index is 533. The summed E-state index contributed by atoms with van der Waals surface area (Å²) in [7, 11) is 3.10. The molecular formula is C13H16N2O2. The minimum Gasteiger partial charge on any atom is -0.361 e. The Kier molecular flexibility index (Phi) is 3.15. The Labute approximate surface area is 100 Å². The number of likely N-dealkylation sites (N-methyl/N-ethyl adjacent to an activating group) is 1. The number of H-pyrrole nitrogens is 1. The highest BCUT2D eigenvalue weighted by Gasteiger charge is 2.21. The van der Waals surface area contributed by atoms with E-state index in [0.717, 1.165) is 16.5 Å². The van der Waals surface area contributed by atoms with Crippen molar-refractivity contribution in [2.75, 3.05) is 14.2 Å². The number of carbonyl (C=O) groups is 1. The molecule has 4 nitrogen and oxygen atoms in total. The summed E-state index contributed by atoms with van der Waals surface area (Å²) in [6, 6.07) is 7.95. The number of carbonyl (C=O) groups excluding carboxylic acids is 1. The lowest BCUT2D eigenvalue weighted by Crippen LogP contribution is -2.29. The maximum absolute atomic E-state index is 12.0. The molecule has 0 radical (unpaired) electrons. The first-order valence-electron chi connectivity index (χ1n) is 5.53. The van der Waals surface area contributed by atoms with Crippen molar-refractivity contribution in [3.8, 4) is 0 Å². The number of benzene rings is 1. The normalized spacial score (nSPS) is 12.6. The van der Waals surface area contributed by atoms with Crippen LogP contribution in [0.3, 0.4) is 0 Å². The predicted octanol–water partition coefficient (Wildman–Crippen LogP) is 2.29. The van der Waals surface area contributed by atoms with E-state index in [9.17, 15) is 4.79 Å². The van der Waals surface area contributed by atoms with Crippen LogP contribution in [0.5, 0.6) is 0 Å². The maximum atomic E-state index is 12.0. The fraction of sp³-hybridized carbons (Fsp3) is 0.308. The number of hydroxylamine groups is 2. The standard InChI is InChI=1S/C13H16N2O2/c1-9(13(16)15(2)17-3)11-8-14-12-7-5-4-6-10(11)12/h4-9,14H,1-3H3. The van der Waals surface area contributed by atoms with Crippen molar-refractivity contribution < 1.29 is 9.63 Å². The lowest BCUT2D eigenvalue weighted by Gasteiger charge is -2.18. The Morgan fingerprint density at radius 1 is 1.41 bits per heavy atom. The van der Waals surface area contributed by atoms with Crippen molar-refractivity contribution in [2.24, 2.45) is 0 Å². The molecule has 1 aromatic heterocycles. The molecule has 4 heteroatoms. The second kappa shape index (κ2) is 4.59. The summed E-state index contributed by atoms with van der Waals surface area (Å²) in [6.07, 6.45) is 1.89. The molecule has 2 aromatic rings. The summed E-state index contributed by atoms with van der Waals surface area (Å²) in [5.74, 6) is -0.284. The predicted molar refractivity (Wildman–Crippen MR) is 66.5 cm³/mol. The molecule has 1 atom stereocenters. The van der Waals surface area contributed by atoms with Crippen LogP contribution >= 0.6 is 0 Å². The Balaban J connectivity index is 2.37. The van der Waals surface area contributed by atoms with Crippen LogP contribution in [-0.4, -0.2) is 30.1 Å². The molecule has 0 saturated carbocycles. The molecule has 1 unspecified atom stereocenters. The van der Waals surface area contributed by atoms with E-state index in [1.54, 1.807) is 7.05 Å². The number of rotatable bonds is 3. The molecular weight excluding hydrogens is 216 g/mol. The van der Waals surface area contributed by atoms with Gasteiger partial charge in [-0.25, -0.2) is 5.06 Å². The highest BCUT2D eigenvalue weighted by atomic mass is 16.7. The molecule has 0 spiro atoms. The van der Waals surface area contributed by atoms with E-state index in [1.807, 2.05) is 37.4 Å². The second-order valence-corrected chi connectivity index (χ2v) is 4.03. The van der Waals surface area contributed by atoms with E-state index >= 15 is 0 Å². The summed E-state index contributed by atoms with van der Waals surface area (Å²) in [5.41, 5.74) is 2.04. The molecule has 0 fully saturated rings. The molecule has 1 amide bonds. The maximum Gasteiger partial charge on any atom is 0.253 e. The zero-order chi connectivity index (χ0) is 12.4. The van der Waals surface area contributed by atoms with Crippen LogP contribution in [0.1, 0.15) is 18.4 Å². The minimum atomic E-state index is -0.226. The minimum absolute atomic E-state index is 0.0581. The van der Waals surface area contributed by atoms with Crippen molar-refractivity contribution in [1.29, 1.82) is 0 Å². The summed E-state index contributed by atoms with van der Waals surface area (Å²) in [4.78, 5) is 20.1. The number of nitrogens with one attached hydrogen (secondary N) is 1. The van der Waals surface area contributed by atoms with Crippen LogP contribution in [0.15, 0.2) is 30.5 Å². The van der Waals surface area contributed by atoms with E-state index in [1.165, 1.54) is 12.2 Å². The number of amides is 1. The first kappa shape index (κ1) is 11.7. The summed E-state index contributed by atoms with van der Waals surface area (Å²) in [6.45, 7) is 1.88. The lowest BCUT2D eigenvalue weighted by atomic mass is 10.00. The van der Waals surface area contributed by atoms with Gasteiger partial charge < -0.3 is 4.98 Å². The van der Waals surface area contributed by atoms with Gasteiger partial charge in [0, 0.05) is 24.1 Å². The van der Waals surface area contributed by atoms with E-state index < -0.39 is 0 Å². The molecule has 0 bridgehead atoms. The molecule has 1 heterocycles. The smallest absolute Gasteiger partial charge is 0.253 e. The number of aromatic amines is 1. The topological polar surface area (TPSA) is 45.3 Å². The number of hydrogen-bond donors (Lipinski definition) is 1. The van der Waals surface area contributed by atoms with Crippen LogP contribution in [-0.2, 0) is 9.63 Å². The van der Waals surface area contributed by atoms with Crippen molar-refractivity contribution in [2.45, 2.75) is 12.8 Å². The number of fused-ring (bicyclic) bond motifs is 1. The van der Waals surface area contributed by atoms with E-state index in [4.69, 9.17) is 4.84 Å². The van der Waals surface area contributed by atoms with Crippen LogP contribution in [0.4, 0.5) is 0 Å². The third-order valence-electron chi connectivity index (χ3n) is 3.04. The zero-order valence-corrected chi connectivity index (χ0v) is 10.2. The SMILES string of the molecule is CON(C)C(=O)C(C)c1c[nH]c2ccccc12. The fourth-order valence-corrected chi connectivity index (χ4v) is 1.95. The van der Waals surface area contributed by atoms with Gasteiger partial charge in [-0.1, -0.05) is 18.2 Å². The molecule has 0 aliphatic heterocycles. The first-order valence-corrected chi connectivity index (χ1v) is 5.53. The number of hydrogen-bond acceptors (Lipinski definition) is 2. The summed E-state index contributed by atoms with van der Waals surface area (Å²) >= 11 is 0. The number of para-hydroxylation sites is 1. The van der Waals surface area contributed by atoms with E-state index in [2.05, 4.69) is 4.98 Å². The molecule has 1 N–H and O–H groups in total. The van der Waals surface area contributed by atoms with Gasteiger partial charge in [-0.15, -0.1) is 0 Å². The van der Waals surface area contributed by atoms with Crippen LogP contribution < -0.4 is 0 Å². The van der Waals surface area contributed by atoms with Crippen LogP contribution in [0.25, 0.3) is 10.9 Å². The highest BCUT2D eigenvalue weighted by molar-refractivity contribution is 5.91. The van der Waals surface area contributed by atoms with Gasteiger partial charge in [-0.3, -0.25) is 9.63 Å². The quantitative estimate of drug-likeness (QED) is 0.825. The third kappa shape index (κ3) is 2.03. The monoisotopic (exact) mass is 232 g/mol. The van der Waals surface area contributed by atoms with Crippen molar-refractivity contribution in [3.63, 3.8) is 0 Å². The molecule has 17 heavy (non-hydrogen) atoms. The number of nitrogens with zero attached hydrogens (tertiary/aromatic N) is 1. The summed E-state index contributed by atoms with van der Waals surface area (Å²) in [5, 5.41) is 2.34. The van der Waals surface area contributed by atoms with Crippen molar-refractivity contribution in [1.82, 2.24) is 10.0 Å². The van der Waals surface area contributed by atoms with Crippen molar-refractivity contribution >= 4 is 16.8 Å². The van der Waals surface area contributed by atoms with Gasteiger partial charge in [0.1, 0.15) is 0 Å². The Morgan fingerprint density at radius 3 is 2.82 bits per heavy atom. The van der Waals surface area contributed by atoms with Gasteiger partial charge >= 0.3 is 0 Å². The molecule has 0 aliphatic carbocycles. The molecule has 0 saturated heterocycles. The average molecular weight is 232 g/mol. The molecule has 0 aliphatic rings. The zero-order valence-electron chi connectivity index (χ0n) is 10.2. The van der Waals surface area contributed by atoms with Gasteiger partial charge in [0.15, 0.2) is 0 Å².